The van der Waals surface area contributed by atoms with Gasteiger partial charge in [-0.05, 0) is 43.2 Å². The van der Waals surface area contributed by atoms with E-state index in [1.807, 2.05) is 19.1 Å². The molecule has 1 heterocycles. The molecule has 0 saturated heterocycles. The van der Waals surface area contributed by atoms with Gasteiger partial charge in [0.05, 0.1) is 5.56 Å². The molecule has 5 nitrogen and oxygen atoms in total. The number of aryl methyl sites for hydroxylation is 1. The molecule has 1 amide bonds. The van der Waals surface area contributed by atoms with E-state index in [-0.39, 0.29) is 12.5 Å². The molecule has 1 N–H and O–H groups in total. The SMILES string of the molecule is Cc1ccc(C(=O)OCC(=O)NCCc2ccc(Cl)cc2)cn1. The van der Waals surface area contributed by atoms with Crippen LogP contribution in [-0.2, 0) is 16.0 Å². The van der Waals surface area contributed by atoms with Gasteiger partial charge in [-0.3, -0.25) is 9.78 Å². The summed E-state index contributed by atoms with van der Waals surface area (Å²) in [5, 5.41) is 3.37. The minimum Gasteiger partial charge on any atom is -0.452 e. The molecular weight excluding hydrogens is 316 g/mol. The van der Waals surface area contributed by atoms with Gasteiger partial charge in [-0.2, -0.15) is 0 Å². The smallest absolute Gasteiger partial charge is 0.340 e. The number of esters is 1. The largest absolute Gasteiger partial charge is 0.452 e. The van der Waals surface area contributed by atoms with Crippen LogP contribution in [-0.4, -0.2) is 30.0 Å². The summed E-state index contributed by atoms with van der Waals surface area (Å²) >= 11 is 5.80. The van der Waals surface area contributed by atoms with Crippen molar-refractivity contribution in [2.75, 3.05) is 13.2 Å². The quantitative estimate of drug-likeness (QED) is 0.825. The Morgan fingerprint density at radius 1 is 1.17 bits per heavy atom. The van der Waals surface area contributed by atoms with Crippen LogP contribution < -0.4 is 5.32 Å². The lowest BCUT2D eigenvalue weighted by Crippen LogP contribution is -2.30. The van der Waals surface area contributed by atoms with Crippen molar-refractivity contribution in [3.05, 3.63) is 64.4 Å². The van der Waals surface area contributed by atoms with Crippen LogP contribution >= 0.6 is 11.6 Å². The van der Waals surface area contributed by atoms with Gasteiger partial charge in [0.25, 0.3) is 5.91 Å². The van der Waals surface area contributed by atoms with Crippen LogP contribution in [0.3, 0.4) is 0 Å². The number of nitrogens with zero attached hydrogens (tertiary/aromatic N) is 1. The normalized spacial score (nSPS) is 10.2. The summed E-state index contributed by atoms with van der Waals surface area (Å²) < 4.78 is 4.94. The first-order chi connectivity index (χ1) is 11.0. The van der Waals surface area contributed by atoms with E-state index in [4.69, 9.17) is 16.3 Å². The average molecular weight is 333 g/mol. The lowest BCUT2D eigenvalue weighted by Gasteiger charge is -2.07. The number of nitrogens with one attached hydrogen (secondary N) is 1. The molecule has 120 valence electrons. The Morgan fingerprint density at radius 2 is 1.91 bits per heavy atom. The molecule has 0 radical (unpaired) electrons. The van der Waals surface area contributed by atoms with E-state index in [0.717, 1.165) is 11.3 Å². The zero-order valence-electron chi connectivity index (χ0n) is 12.7. The zero-order valence-corrected chi connectivity index (χ0v) is 13.5. The van der Waals surface area contributed by atoms with Crippen LogP contribution in [0.2, 0.25) is 5.02 Å². The summed E-state index contributed by atoms with van der Waals surface area (Å²) in [4.78, 5) is 27.4. The van der Waals surface area contributed by atoms with Crippen molar-refractivity contribution >= 4 is 23.5 Å². The van der Waals surface area contributed by atoms with Gasteiger partial charge in [-0.1, -0.05) is 23.7 Å². The second kappa shape index (κ2) is 8.29. The summed E-state index contributed by atoms with van der Waals surface area (Å²) in [6.45, 7) is 1.97. The molecule has 23 heavy (non-hydrogen) atoms. The van der Waals surface area contributed by atoms with Crippen LogP contribution in [0.4, 0.5) is 0 Å². The van der Waals surface area contributed by atoms with Gasteiger partial charge in [-0.15, -0.1) is 0 Å². The number of rotatable bonds is 6. The molecule has 2 aromatic rings. The maximum atomic E-state index is 11.7. The molecule has 0 aliphatic heterocycles. The number of pyridine rings is 1. The van der Waals surface area contributed by atoms with E-state index in [9.17, 15) is 9.59 Å². The standard InChI is InChI=1S/C17H17ClN2O3/c1-12-2-5-14(10-20-12)17(22)23-11-16(21)19-9-8-13-3-6-15(18)7-4-13/h2-7,10H,8-9,11H2,1H3,(H,19,21). The molecule has 0 fully saturated rings. The van der Waals surface area contributed by atoms with Gasteiger partial charge in [-0.25, -0.2) is 4.79 Å². The van der Waals surface area contributed by atoms with Crippen molar-refractivity contribution in [3.8, 4) is 0 Å². The molecule has 0 aliphatic carbocycles. The molecule has 0 saturated carbocycles. The second-order valence-corrected chi connectivity index (χ2v) is 5.43. The van der Waals surface area contributed by atoms with E-state index < -0.39 is 5.97 Å². The summed E-state index contributed by atoms with van der Waals surface area (Å²) in [7, 11) is 0. The number of amides is 1. The first kappa shape index (κ1) is 17.0. The Balaban J connectivity index is 1.69. The minimum absolute atomic E-state index is 0.312. The van der Waals surface area contributed by atoms with Crippen molar-refractivity contribution in [3.63, 3.8) is 0 Å². The number of hydrogen-bond donors (Lipinski definition) is 1. The lowest BCUT2D eigenvalue weighted by atomic mass is 10.1. The molecule has 6 heteroatoms. The van der Waals surface area contributed by atoms with Crippen molar-refractivity contribution in [2.24, 2.45) is 0 Å². The number of carbonyl (C=O) groups excluding carboxylic acids is 2. The Labute approximate surface area is 139 Å². The van der Waals surface area contributed by atoms with Crippen molar-refractivity contribution in [1.82, 2.24) is 10.3 Å². The predicted molar refractivity (Wildman–Crippen MR) is 87.4 cm³/mol. The fraction of sp³-hybridized carbons (Fsp3) is 0.235. The Bertz CT molecular complexity index is 669. The molecule has 0 unspecified atom stereocenters. The van der Waals surface area contributed by atoms with Crippen LogP contribution in [0.25, 0.3) is 0 Å². The number of aromatic nitrogens is 1. The molecule has 0 bridgehead atoms. The number of carbonyl (C=O) groups is 2. The van der Waals surface area contributed by atoms with Crippen LogP contribution in [0.1, 0.15) is 21.6 Å². The van der Waals surface area contributed by atoms with Crippen LogP contribution in [0, 0.1) is 6.92 Å². The van der Waals surface area contributed by atoms with E-state index in [0.29, 0.717) is 23.6 Å². The zero-order chi connectivity index (χ0) is 16.7. The number of halogens is 1. The van der Waals surface area contributed by atoms with Crippen molar-refractivity contribution < 1.29 is 14.3 Å². The minimum atomic E-state index is -0.564. The Kier molecular flexibility index (Phi) is 6.11. The number of ether oxygens (including phenoxy) is 1. The molecule has 0 aliphatic rings. The molecule has 1 aromatic heterocycles. The highest BCUT2D eigenvalue weighted by molar-refractivity contribution is 6.30. The maximum absolute atomic E-state index is 11.7. The summed E-state index contributed by atoms with van der Waals surface area (Å²) in [6, 6.07) is 10.7. The van der Waals surface area contributed by atoms with Crippen LogP contribution in [0.5, 0.6) is 0 Å². The molecule has 2 rings (SSSR count). The number of hydrogen-bond acceptors (Lipinski definition) is 4. The molecular formula is C17H17ClN2O3. The van der Waals surface area contributed by atoms with E-state index in [1.54, 1.807) is 24.3 Å². The average Bonchev–Trinajstić information content (AvgIpc) is 2.55. The van der Waals surface area contributed by atoms with Crippen molar-refractivity contribution in [2.45, 2.75) is 13.3 Å². The highest BCUT2D eigenvalue weighted by Gasteiger charge is 2.10. The van der Waals surface area contributed by atoms with E-state index >= 15 is 0 Å². The van der Waals surface area contributed by atoms with Crippen molar-refractivity contribution in [1.29, 1.82) is 0 Å². The van der Waals surface area contributed by atoms with Gasteiger partial charge in [0.2, 0.25) is 0 Å². The lowest BCUT2D eigenvalue weighted by molar-refractivity contribution is -0.124. The first-order valence-corrected chi connectivity index (χ1v) is 7.53. The Hall–Kier alpha value is -2.40. The van der Waals surface area contributed by atoms with E-state index in [1.165, 1.54) is 6.20 Å². The third kappa shape index (κ3) is 5.71. The third-order valence-electron chi connectivity index (χ3n) is 3.13. The van der Waals surface area contributed by atoms with Gasteiger partial charge in [0, 0.05) is 23.5 Å². The van der Waals surface area contributed by atoms with Crippen LogP contribution in [0.15, 0.2) is 42.6 Å². The third-order valence-corrected chi connectivity index (χ3v) is 3.38. The maximum Gasteiger partial charge on any atom is 0.340 e. The van der Waals surface area contributed by atoms with E-state index in [2.05, 4.69) is 10.3 Å². The van der Waals surface area contributed by atoms with Gasteiger partial charge in [0.15, 0.2) is 6.61 Å². The Morgan fingerprint density at radius 3 is 2.57 bits per heavy atom. The topological polar surface area (TPSA) is 68.3 Å². The van der Waals surface area contributed by atoms with Gasteiger partial charge >= 0.3 is 5.97 Å². The summed E-state index contributed by atoms with van der Waals surface area (Å²) in [6.07, 6.45) is 2.11. The fourth-order valence-electron chi connectivity index (χ4n) is 1.85. The van der Waals surface area contributed by atoms with Gasteiger partial charge < -0.3 is 10.1 Å². The van der Waals surface area contributed by atoms with Gasteiger partial charge in [0.1, 0.15) is 0 Å². The summed E-state index contributed by atoms with van der Waals surface area (Å²) in [5.74, 6) is -0.905. The summed E-state index contributed by atoms with van der Waals surface area (Å²) in [5.41, 5.74) is 2.20. The fourth-order valence-corrected chi connectivity index (χ4v) is 1.98. The highest BCUT2D eigenvalue weighted by atomic mass is 35.5. The highest BCUT2D eigenvalue weighted by Crippen LogP contribution is 2.09. The molecule has 0 spiro atoms. The molecule has 1 aromatic carbocycles. The monoisotopic (exact) mass is 332 g/mol. The predicted octanol–water partition coefficient (Wildman–Crippen LogP) is 2.56. The second-order valence-electron chi connectivity index (χ2n) is 4.99. The molecule has 0 atom stereocenters. The first-order valence-electron chi connectivity index (χ1n) is 7.15. The number of benzene rings is 1.